The van der Waals surface area contributed by atoms with Crippen molar-refractivity contribution in [2.24, 2.45) is 4.99 Å². The average molecular weight is 298 g/mol. The standard InChI is InChI=1S/C20H14N2O/c21-19-13-16-17(22-19)11-12-18(23)20(16,14-7-3-1-4-8-14)15-9-5-2-6-10-15/h1-13,21H. The number of hydrogen-bond acceptors (Lipinski definition) is 2. The molecule has 0 radical (unpaired) electrons. The number of rotatable bonds is 2. The molecule has 110 valence electrons. The molecule has 0 saturated carbocycles. The van der Waals surface area contributed by atoms with Crippen molar-refractivity contribution in [2.45, 2.75) is 5.41 Å². The fourth-order valence-electron chi connectivity index (χ4n) is 3.41. The highest BCUT2D eigenvalue weighted by molar-refractivity contribution is 6.31. The number of benzene rings is 2. The summed E-state index contributed by atoms with van der Waals surface area (Å²) < 4.78 is 0. The number of fused-ring (bicyclic) bond motifs is 1. The molecule has 2 aromatic rings. The normalized spacial score (nSPS) is 18.4. The molecule has 0 fully saturated rings. The maximum Gasteiger partial charge on any atom is 0.175 e. The van der Waals surface area contributed by atoms with Gasteiger partial charge in [-0.25, -0.2) is 4.99 Å². The molecule has 0 unspecified atom stereocenters. The fourth-order valence-corrected chi connectivity index (χ4v) is 3.41. The zero-order chi connectivity index (χ0) is 15.9. The van der Waals surface area contributed by atoms with Crippen LogP contribution in [0.25, 0.3) is 0 Å². The molecule has 0 saturated heterocycles. The van der Waals surface area contributed by atoms with Gasteiger partial charge in [-0.1, -0.05) is 60.7 Å². The number of aliphatic imine (C=N–C) groups is 1. The molecule has 0 atom stereocenters. The van der Waals surface area contributed by atoms with Gasteiger partial charge in [0.15, 0.2) is 5.78 Å². The second-order valence-corrected chi connectivity index (χ2v) is 5.62. The Kier molecular flexibility index (Phi) is 2.95. The Labute approximate surface area is 134 Å². The molecular weight excluding hydrogens is 284 g/mol. The molecule has 2 aliphatic rings. The van der Waals surface area contributed by atoms with Crippen molar-refractivity contribution < 1.29 is 4.79 Å². The number of carbonyl (C=O) groups is 1. The van der Waals surface area contributed by atoms with Gasteiger partial charge in [0.25, 0.3) is 0 Å². The minimum absolute atomic E-state index is 0.00481. The first-order chi connectivity index (χ1) is 11.2. The number of hydrogen-bond donors (Lipinski definition) is 1. The number of nitrogens with one attached hydrogen (secondary N) is 1. The summed E-state index contributed by atoms with van der Waals surface area (Å²) >= 11 is 0. The van der Waals surface area contributed by atoms with Crippen LogP contribution in [0.4, 0.5) is 0 Å². The van der Waals surface area contributed by atoms with Gasteiger partial charge in [-0.2, -0.15) is 0 Å². The Morgan fingerprint density at radius 3 is 1.96 bits per heavy atom. The Bertz CT molecular complexity index is 850. The van der Waals surface area contributed by atoms with E-state index in [1.807, 2.05) is 60.7 Å². The third-order valence-corrected chi connectivity index (χ3v) is 4.38. The third kappa shape index (κ3) is 1.87. The van der Waals surface area contributed by atoms with E-state index in [1.165, 1.54) is 0 Å². The van der Waals surface area contributed by atoms with Crippen LogP contribution in [0.2, 0.25) is 0 Å². The Morgan fingerprint density at radius 2 is 1.39 bits per heavy atom. The van der Waals surface area contributed by atoms with Crippen LogP contribution < -0.4 is 0 Å². The summed E-state index contributed by atoms with van der Waals surface area (Å²) in [5, 5.41) is 7.90. The molecule has 0 amide bonds. The van der Waals surface area contributed by atoms with Crippen LogP contribution in [0.5, 0.6) is 0 Å². The largest absolute Gasteiger partial charge is 0.293 e. The minimum atomic E-state index is -0.932. The lowest BCUT2D eigenvalue weighted by molar-refractivity contribution is -0.117. The summed E-state index contributed by atoms with van der Waals surface area (Å²) in [5.74, 6) is 0.181. The first kappa shape index (κ1) is 13.6. The van der Waals surface area contributed by atoms with Crippen LogP contribution in [-0.2, 0) is 10.2 Å². The third-order valence-electron chi connectivity index (χ3n) is 4.38. The highest BCUT2D eigenvalue weighted by atomic mass is 16.1. The van der Waals surface area contributed by atoms with E-state index in [1.54, 1.807) is 18.2 Å². The second kappa shape index (κ2) is 4.99. The number of amidine groups is 1. The molecule has 1 aliphatic carbocycles. The van der Waals surface area contributed by atoms with Gasteiger partial charge in [0.05, 0.1) is 5.71 Å². The lowest BCUT2D eigenvalue weighted by Crippen LogP contribution is -2.42. The summed E-state index contributed by atoms with van der Waals surface area (Å²) in [6.45, 7) is 0. The van der Waals surface area contributed by atoms with Crippen molar-refractivity contribution in [1.29, 1.82) is 5.41 Å². The number of nitrogens with zero attached hydrogens (tertiary/aromatic N) is 1. The van der Waals surface area contributed by atoms with E-state index in [0.29, 0.717) is 5.71 Å². The molecule has 23 heavy (non-hydrogen) atoms. The van der Waals surface area contributed by atoms with Gasteiger partial charge >= 0.3 is 0 Å². The van der Waals surface area contributed by atoms with Gasteiger partial charge in [-0.05, 0) is 29.4 Å². The van der Waals surface area contributed by atoms with Crippen LogP contribution in [0.15, 0.2) is 89.5 Å². The molecule has 1 N–H and O–H groups in total. The van der Waals surface area contributed by atoms with Gasteiger partial charge in [0, 0.05) is 5.57 Å². The summed E-state index contributed by atoms with van der Waals surface area (Å²) in [4.78, 5) is 17.4. The van der Waals surface area contributed by atoms with E-state index in [-0.39, 0.29) is 11.6 Å². The summed E-state index contributed by atoms with van der Waals surface area (Å²) in [6, 6.07) is 19.5. The first-order valence-corrected chi connectivity index (χ1v) is 7.46. The molecule has 1 aliphatic heterocycles. The van der Waals surface area contributed by atoms with Gasteiger partial charge in [0.2, 0.25) is 0 Å². The van der Waals surface area contributed by atoms with Crippen molar-refractivity contribution in [3.05, 3.63) is 95.6 Å². The van der Waals surface area contributed by atoms with Crippen molar-refractivity contribution in [3.63, 3.8) is 0 Å². The molecular formula is C20H14N2O. The van der Waals surface area contributed by atoms with E-state index >= 15 is 0 Å². The van der Waals surface area contributed by atoms with E-state index in [0.717, 1.165) is 16.7 Å². The molecule has 2 aromatic carbocycles. The first-order valence-electron chi connectivity index (χ1n) is 7.46. The average Bonchev–Trinajstić information content (AvgIpc) is 2.97. The lowest BCUT2D eigenvalue weighted by Gasteiger charge is -2.36. The number of allylic oxidation sites excluding steroid dienone is 3. The van der Waals surface area contributed by atoms with Crippen molar-refractivity contribution in [1.82, 2.24) is 0 Å². The molecule has 3 nitrogen and oxygen atoms in total. The summed E-state index contributed by atoms with van der Waals surface area (Å²) in [7, 11) is 0. The topological polar surface area (TPSA) is 53.3 Å². The van der Waals surface area contributed by atoms with E-state index in [4.69, 9.17) is 5.41 Å². The van der Waals surface area contributed by atoms with Crippen LogP contribution in [0.1, 0.15) is 11.1 Å². The van der Waals surface area contributed by atoms with Gasteiger partial charge in [0.1, 0.15) is 11.3 Å². The molecule has 1 heterocycles. The van der Waals surface area contributed by atoms with Crippen LogP contribution in [-0.4, -0.2) is 17.3 Å². The highest BCUT2D eigenvalue weighted by Crippen LogP contribution is 2.44. The Balaban J connectivity index is 2.10. The SMILES string of the molecule is N=C1C=C2C(=N1)C=CC(=O)C2(c1ccccc1)c1ccccc1. The van der Waals surface area contributed by atoms with Crippen molar-refractivity contribution in [3.8, 4) is 0 Å². The Hall–Kier alpha value is -3.07. The van der Waals surface area contributed by atoms with Gasteiger partial charge in [-0.15, -0.1) is 0 Å². The predicted octanol–water partition coefficient (Wildman–Crippen LogP) is 3.47. The van der Waals surface area contributed by atoms with E-state index in [9.17, 15) is 4.79 Å². The summed E-state index contributed by atoms with van der Waals surface area (Å²) in [5.41, 5.74) is 2.34. The zero-order valence-electron chi connectivity index (χ0n) is 12.4. The van der Waals surface area contributed by atoms with E-state index in [2.05, 4.69) is 4.99 Å². The fraction of sp³-hybridized carbons (Fsp3) is 0.0500. The van der Waals surface area contributed by atoms with Crippen molar-refractivity contribution >= 4 is 17.3 Å². The zero-order valence-corrected chi connectivity index (χ0v) is 12.4. The van der Waals surface area contributed by atoms with E-state index < -0.39 is 5.41 Å². The van der Waals surface area contributed by atoms with Crippen molar-refractivity contribution in [2.75, 3.05) is 0 Å². The summed E-state index contributed by atoms with van der Waals surface area (Å²) in [6.07, 6.45) is 4.99. The van der Waals surface area contributed by atoms with Gasteiger partial charge in [-0.3, -0.25) is 10.2 Å². The highest BCUT2D eigenvalue weighted by Gasteiger charge is 2.48. The van der Waals surface area contributed by atoms with Crippen LogP contribution in [0, 0.1) is 5.41 Å². The number of ketones is 1. The molecule has 3 heteroatoms. The molecule has 0 aromatic heterocycles. The van der Waals surface area contributed by atoms with Crippen LogP contribution in [0.3, 0.4) is 0 Å². The lowest BCUT2D eigenvalue weighted by atomic mass is 9.63. The van der Waals surface area contributed by atoms with Crippen LogP contribution >= 0.6 is 0 Å². The molecule has 0 bridgehead atoms. The Morgan fingerprint density at radius 1 is 0.826 bits per heavy atom. The smallest absolute Gasteiger partial charge is 0.175 e. The van der Waals surface area contributed by atoms with Gasteiger partial charge < -0.3 is 0 Å². The minimum Gasteiger partial charge on any atom is -0.293 e. The second-order valence-electron chi connectivity index (χ2n) is 5.62. The quantitative estimate of drug-likeness (QED) is 0.907. The molecule has 0 spiro atoms. The predicted molar refractivity (Wildman–Crippen MR) is 91.1 cm³/mol. The maximum atomic E-state index is 13.1. The number of carbonyl (C=O) groups excluding carboxylic acids is 1. The monoisotopic (exact) mass is 298 g/mol. The maximum absolute atomic E-state index is 13.1. The molecule has 4 rings (SSSR count).